The zero-order chi connectivity index (χ0) is 42.1. The number of aliphatic carboxylic acids is 1. The minimum atomic E-state index is -0.903. The SMILES string of the molecule is C1CCCCCCCCC1.C1CCCCCCCCC1.C1CCCCCCCCC1.C1CCCCCCCCC1.C1CCCCCCCCC1.C=C(C(=O)O)C(C)C. The highest BCUT2D eigenvalue weighted by molar-refractivity contribution is 5.86. The Kier molecular flexibility index (Phi) is 49.9. The zero-order valence-corrected chi connectivity index (χ0v) is 40.5. The van der Waals surface area contributed by atoms with Crippen LogP contribution < -0.4 is 0 Å². The van der Waals surface area contributed by atoms with E-state index in [0.717, 1.165) is 0 Å². The van der Waals surface area contributed by atoms with Gasteiger partial charge in [0.25, 0.3) is 0 Å². The van der Waals surface area contributed by atoms with Crippen molar-refractivity contribution < 1.29 is 9.90 Å². The molecule has 0 aromatic carbocycles. The monoisotopic (exact) mass is 815 g/mol. The fraction of sp³-hybridized carbons (Fsp3) is 0.946. The van der Waals surface area contributed by atoms with Crippen LogP contribution in [-0.4, -0.2) is 11.1 Å². The molecule has 5 aliphatic carbocycles. The summed E-state index contributed by atoms with van der Waals surface area (Å²) in [5.74, 6) is -0.854. The first kappa shape index (κ1) is 57.2. The van der Waals surface area contributed by atoms with E-state index >= 15 is 0 Å². The largest absolute Gasteiger partial charge is 0.478 e. The molecule has 0 amide bonds. The Morgan fingerprint density at radius 1 is 0.259 bits per heavy atom. The molecule has 0 saturated heterocycles. The second-order valence-corrected chi connectivity index (χ2v) is 19.7. The molecule has 58 heavy (non-hydrogen) atoms. The van der Waals surface area contributed by atoms with Gasteiger partial charge in [-0.25, -0.2) is 4.79 Å². The van der Waals surface area contributed by atoms with Crippen molar-refractivity contribution in [3.05, 3.63) is 12.2 Å². The molecule has 5 saturated carbocycles. The highest BCUT2D eigenvalue weighted by Crippen LogP contribution is 2.19. The molecule has 0 aliphatic heterocycles. The number of carboxylic acids is 1. The van der Waals surface area contributed by atoms with Crippen molar-refractivity contribution in [1.82, 2.24) is 0 Å². The Morgan fingerprint density at radius 2 is 0.328 bits per heavy atom. The quantitative estimate of drug-likeness (QED) is 0.282. The first-order chi connectivity index (χ1) is 28.6. The van der Waals surface area contributed by atoms with Crippen LogP contribution in [0.5, 0.6) is 0 Å². The van der Waals surface area contributed by atoms with Gasteiger partial charge in [0.2, 0.25) is 0 Å². The Morgan fingerprint density at radius 3 is 0.345 bits per heavy atom. The second-order valence-electron chi connectivity index (χ2n) is 19.7. The number of hydrogen-bond donors (Lipinski definition) is 1. The van der Waals surface area contributed by atoms with E-state index < -0.39 is 5.97 Å². The van der Waals surface area contributed by atoms with Gasteiger partial charge in [-0.1, -0.05) is 341 Å². The van der Waals surface area contributed by atoms with Gasteiger partial charge < -0.3 is 5.11 Å². The molecule has 0 aromatic rings. The molecular weight excluding hydrogens is 705 g/mol. The summed E-state index contributed by atoms with van der Waals surface area (Å²) in [6, 6.07) is 0. The van der Waals surface area contributed by atoms with Crippen molar-refractivity contribution in [2.75, 3.05) is 0 Å². The number of carboxylic acid groups (broad SMARTS) is 1. The van der Waals surface area contributed by atoms with Gasteiger partial charge in [0.15, 0.2) is 0 Å². The van der Waals surface area contributed by atoms with Crippen LogP contribution >= 0.6 is 0 Å². The van der Waals surface area contributed by atoms with Crippen molar-refractivity contribution in [2.45, 2.75) is 335 Å². The van der Waals surface area contributed by atoms with Crippen molar-refractivity contribution >= 4 is 5.97 Å². The summed E-state index contributed by atoms with van der Waals surface area (Å²) in [7, 11) is 0. The van der Waals surface area contributed by atoms with E-state index in [-0.39, 0.29) is 11.5 Å². The van der Waals surface area contributed by atoms with Gasteiger partial charge in [0.05, 0.1) is 0 Å². The van der Waals surface area contributed by atoms with E-state index in [1.807, 2.05) is 0 Å². The van der Waals surface area contributed by atoms with Crippen LogP contribution in [0.15, 0.2) is 12.2 Å². The van der Waals surface area contributed by atoms with Gasteiger partial charge in [0.1, 0.15) is 0 Å². The lowest BCUT2D eigenvalue weighted by Gasteiger charge is -2.05. The number of carbonyl (C=O) groups is 1. The van der Waals surface area contributed by atoms with Crippen LogP contribution in [0.25, 0.3) is 0 Å². The fourth-order valence-corrected chi connectivity index (χ4v) is 9.09. The lowest BCUT2D eigenvalue weighted by atomic mass is 10.0. The van der Waals surface area contributed by atoms with Crippen molar-refractivity contribution in [3.8, 4) is 0 Å². The normalized spacial score (nSPS) is 22.0. The highest BCUT2D eigenvalue weighted by atomic mass is 16.4. The van der Waals surface area contributed by atoms with E-state index in [2.05, 4.69) is 6.58 Å². The molecule has 0 atom stereocenters. The molecule has 0 unspecified atom stereocenters. The minimum absolute atomic E-state index is 0.0486. The van der Waals surface area contributed by atoms with Gasteiger partial charge in [-0.3, -0.25) is 0 Å². The molecule has 5 aliphatic rings. The average molecular weight is 815 g/mol. The van der Waals surface area contributed by atoms with Crippen LogP contribution in [-0.2, 0) is 4.79 Å². The summed E-state index contributed by atoms with van der Waals surface area (Å²) in [6.45, 7) is 6.96. The van der Waals surface area contributed by atoms with Crippen LogP contribution in [0.2, 0.25) is 0 Å². The van der Waals surface area contributed by atoms with Gasteiger partial charge in [0, 0.05) is 5.57 Å². The topological polar surface area (TPSA) is 37.3 Å². The molecule has 0 bridgehead atoms. The molecule has 5 rings (SSSR count). The summed E-state index contributed by atoms with van der Waals surface area (Å²) in [6.07, 6.45) is 75.0. The third kappa shape index (κ3) is 49.6. The molecule has 346 valence electrons. The summed E-state index contributed by atoms with van der Waals surface area (Å²) in [5.41, 5.74) is 0.269. The zero-order valence-electron chi connectivity index (χ0n) is 40.5. The van der Waals surface area contributed by atoms with E-state index in [1.54, 1.807) is 13.8 Å². The van der Waals surface area contributed by atoms with E-state index in [1.165, 1.54) is 321 Å². The van der Waals surface area contributed by atoms with Crippen molar-refractivity contribution in [1.29, 1.82) is 0 Å². The molecule has 1 N–H and O–H groups in total. The molecule has 5 fully saturated rings. The van der Waals surface area contributed by atoms with E-state index in [4.69, 9.17) is 5.11 Å². The minimum Gasteiger partial charge on any atom is -0.478 e. The maximum atomic E-state index is 10.0. The Hall–Kier alpha value is -0.790. The van der Waals surface area contributed by atoms with Crippen LogP contribution in [0.1, 0.15) is 335 Å². The van der Waals surface area contributed by atoms with E-state index in [9.17, 15) is 4.79 Å². The predicted octanol–water partition coefficient (Wildman–Crippen LogP) is 20.8. The summed E-state index contributed by atoms with van der Waals surface area (Å²) in [5, 5.41) is 8.25. The average Bonchev–Trinajstić information content (AvgIpc) is 3.26. The van der Waals surface area contributed by atoms with Gasteiger partial charge in [-0.05, 0) is 5.92 Å². The standard InChI is InChI=1S/5C10H20.C6H10O2/c5*1-2-4-6-8-10-9-7-5-3-1;1-4(2)5(3)6(7)8/h5*1-10H2;4H,3H2,1-2H3,(H,7,8). The maximum Gasteiger partial charge on any atom is 0.331 e. The van der Waals surface area contributed by atoms with Gasteiger partial charge in [-0.2, -0.15) is 0 Å². The third-order valence-corrected chi connectivity index (χ3v) is 13.5. The van der Waals surface area contributed by atoms with Gasteiger partial charge in [-0.15, -0.1) is 0 Å². The van der Waals surface area contributed by atoms with Crippen molar-refractivity contribution in [2.24, 2.45) is 5.92 Å². The fourth-order valence-electron chi connectivity index (χ4n) is 9.09. The lowest BCUT2D eigenvalue weighted by Crippen LogP contribution is -2.04. The number of hydrogen-bond acceptors (Lipinski definition) is 1. The summed E-state index contributed by atoms with van der Waals surface area (Å²) in [4.78, 5) is 10.0. The highest BCUT2D eigenvalue weighted by Gasteiger charge is 2.06. The van der Waals surface area contributed by atoms with Crippen LogP contribution in [0.3, 0.4) is 0 Å². The first-order valence-electron chi connectivity index (χ1n) is 27.5. The van der Waals surface area contributed by atoms with Crippen LogP contribution in [0.4, 0.5) is 0 Å². The third-order valence-electron chi connectivity index (χ3n) is 13.5. The first-order valence-corrected chi connectivity index (χ1v) is 27.5. The molecule has 0 radical (unpaired) electrons. The molecule has 0 spiro atoms. The molecule has 2 heteroatoms. The summed E-state index contributed by atoms with van der Waals surface area (Å²) >= 11 is 0. The second kappa shape index (κ2) is 50.6. The maximum absolute atomic E-state index is 10.0. The van der Waals surface area contributed by atoms with Gasteiger partial charge >= 0.3 is 5.97 Å². The smallest absolute Gasteiger partial charge is 0.331 e. The van der Waals surface area contributed by atoms with Crippen molar-refractivity contribution in [3.63, 3.8) is 0 Å². The molecule has 2 nitrogen and oxygen atoms in total. The lowest BCUT2D eigenvalue weighted by molar-refractivity contribution is -0.133. The van der Waals surface area contributed by atoms with E-state index in [0.29, 0.717) is 0 Å². The Labute approximate surface area is 367 Å². The molecule has 0 heterocycles. The Balaban J connectivity index is 0.000000674. The predicted molar refractivity (Wildman–Crippen MR) is 262 cm³/mol. The molecule has 0 aromatic heterocycles. The van der Waals surface area contributed by atoms with Crippen LogP contribution in [0, 0.1) is 5.92 Å². The summed E-state index contributed by atoms with van der Waals surface area (Å²) < 4.78 is 0. The number of rotatable bonds is 2. The molecular formula is C56H110O2. The Bertz CT molecular complexity index is 503.